The molecular formula is C18H15N3O4. The van der Waals surface area contributed by atoms with Gasteiger partial charge < -0.3 is 4.42 Å². The number of ketones is 1. The van der Waals surface area contributed by atoms with Gasteiger partial charge in [0.15, 0.2) is 5.78 Å². The molecule has 7 nitrogen and oxygen atoms in total. The van der Waals surface area contributed by atoms with E-state index >= 15 is 0 Å². The molecule has 3 aromatic rings. The quantitative estimate of drug-likeness (QED) is 0.306. The van der Waals surface area contributed by atoms with E-state index in [1.54, 1.807) is 42.1 Å². The topological polar surface area (TPSA) is 91.2 Å². The van der Waals surface area contributed by atoms with Crippen LogP contribution in [0.2, 0.25) is 0 Å². The van der Waals surface area contributed by atoms with E-state index in [0.29, 0.717) is 17.1 Å². The summed E-state index contributed by atoms with van der Waals surface area (Å²) in [6, 6.07) is 9.56. The molecule has 0 amide bonds. The third-order valence-corrected chi connectivity index (χ3v) is 3.89. The summed E-state index contributed by atoms with van der Waals surface area (Å²) >= 11 is 0. The van der Waals surface area contributed by atoms with Crippen molar-refractivity contribution in [2.24, 2.45) is 7.05 Å². The standard InChI is InChI=1S/C18H15N3O4/c1-12-16(11-19-20(12)2)17(22)9-7-15-8-10-18(25-15)13-3-5-14(6-4-13)21(23)24/h3-11H,1-2H3/b9-7+. The van der Waals surface area contributed by atoms with Crippen LogP contribution in [0.3, 0.4) is 0 Å². The summed E-state index contributed by atoms with van der Waals surface area (Å²) < 4.78 is 7.30. The van der Waals surface area contributed by atoms with Crippen molar-refractivity contribution in [1.29, 1.82) is 0 Å². The molecular weight excluding hydrogens is 322 g/mol. The van der Waals surface area contributed by atoms with Crippen molar-refractivity contribution >= 4 is 17.5 Å². The first kappa shape index (κ1) is 16.4. The number of carbonyl (C=O) groups excluding carboxylic acids is 1. The monoisotopic (exact) mass is 337 g/mol. The number of non-ortho nitro benzene ring substituents is 1. The van der Waals surface area contributed by atoms with E-state index in [-0.39, 0.29) is 11.5 Å². The van der Waals surface area contributed by atoms with E-state index < -0.39 is 4.92 Å². The van der Waals surface area contributed by atoms with Gasteiger partial charge in [-0.25, -0.2) is 0 Å². The highest BCUT2D eigenvalue weighted by molar-refractivity contribution is 6.07. The number of benzene rings is 1. The molecule has 126 valence electrons. The van der Waals surface area contributed by atoms with Crippen molar-refractivity contribution < 1.29 is 14.1 Å². The van der Waals surface area contributed by atoms with E-state index in [1.165, 1.54) is 24.4 Å². The Bertz CT molecular complexity index is 965. The van der Waals surface area contributed by atoms with Crippen LogP contribution in [-0.4, -0.2) is 20.5 Å². The highest BCUT2D eigenvalue weighted by atomic mass is 16.6. The average molecular weight is 337 g/mol. The third-order valence-electron chi connectivity index (χ3n) is 3.89. The zero-order valence-corrected chi connectivity index (χ0v) is 13.7. The van der Waals surface area contributed by atoms with Gasteiger partial charge in [-0.05, 0) is 43.3 Å². The number of nitrogens with zero attached hydrogens (tertiary/aromatic N) is 3. The lowest BCUT2D eigenvalue weighted by molar-refractivity contribution is -0.384. The van der Waals surface area contributed by atoms with Crippen LogP contribution in [0.5, 0.6) is 0 Å². The minimum atomic E-state index is -0.452. The maximum absolute atomic E-state index is 12.2. The normalized spacial score (nSPS) is 11.1. The molecule has 0 saturated carbocycles. The molecule has 0 aliphatic rings. The molecule has 0 saturated heterocycles. The lowest BCUT2D eigenvalue weighted by atomic mass is 10.1. The fourth-order valence-electron chi connectivity index (χ4n) is 2.33. The number of allylic oxidation sites excluding steroid dienone is 1. The summed E-state index contributed by atoms with van der Waals surface area (Å²) in [4.78, 5) is 22.4. The number of hydrogen-bond donors (Lipinski definition) is 0. The van der Waals surface area contributed by atoms with Gasteiger partial charge in [-0.15, -0.1) is 0 Å². The molecule has 0 unspecified atom stereocenters. The van der Waals surface area contributed by atoms with E-state index in [9.17, 15) is 14.9 Å². The van der Waals surface area contributed by atoms with Crippen LogP contribution in [0.15, 0.2) is 53.1 Å². The van der Waals surface area contributed by atoms with Crippen molar-refractivity contribution in [3.8, 4) is 11.3 Å². The Balaban J connectivity index is 1.76. The molecule has 0 N–H and O–H groups in total. The molecule has 0 radical (unpaired) electrons. The molecule has 2 aromatic heterocycles. The summed E-state index contributed by atoms with van der Waals surface area (Å²) in [5, 5.41) is 14.7. The largest absolute Gasteiger partial charge is 0.457 e. The summed E-state index contributed by atoms with van der Waals surface area (Å²) in [6.07, 6.45) is 4.55. The Kier molecular flexibility index (Phi) is 4.30. The van der Waals surface area contributed by atoms with Gasteiger partial charge in [0.1, 0.15) is 11.5 Å². The Labute approximate surface area is 143 Å². The van der Waals surface area contributed by atoms with Crippen LogP contribution in [0.1, 0.15) is 21.8 Å². The third kappa shape index (κ3) is 3.40. The van der Waals surface area contributed by atoms with E-state index in [4.69, 9.17) is 4.42 Å². The Morgan fingerprint density at radius 3 is 2.56 bits per heavy atom. The number of rotatable bonds is 5. The van der Waals surface area contributed by atoms with Crippen LogP contribution in [0.4, 0.5) is 5.69 Å². The van der Waals surface area contributed by atoms with E-state index in [0.717, 1.165) is 11.3 Å². The molecule has 0 bridgehead atoms. The Morgan fingerprint density at radius 2 is 1.96 bits per heavy atom. The Morgan fingerprint density at radius 1 is 1.24 bits per heavy atom. The second kappa shape index (κ2) is 6.56. The number of carbonyl (C=O) groups is 1. The summed E-state index contributed by atoms with van der Waals surface area (Å²) in [6.45, 7) is 1.83. The minimum Gasteiger partial charge on any atom is -0.457 e. The molecule has 7 heteroatoms. The smallest absolute Gasteiger partial charge is 0.269 e. The molecule has 0 aliphatic carbocycles. The second-order valence-corrected chi connectivity index (χ2v) is 5.47. The van der Waals surface area contributed by atoms with Crippen LogP contribution in [-0.2, 0) is 7.05 Å². The highest BCUT2D eigenvalue weighted by Gasteiger charge is 2.11. The molecule has 0 fully saturated rings. The van der Waals surface area contributed by atoms with Crippen molar-refractivity contribution in [2.45, 2.75) is 6.92 Å². The molecule has 0 aliphatic heterocycles. The fraction of sp³-hybridized carbons (Fsp3) is 0.111. The Hall–Kier alpha value is -3.48. The number of furan rings is 1. The highest BCUT2D eigenvalue weighted by Crippen LogP contribution is 2.25. The van der Waals surface area contributed by atoms with Gasteiger partial charge in [0.05, 0.1) is 16.7 Å². The number of hydrogen-bond acceptors (Lipinski definition) is 5. The number of aromatic nitrogens is 2. The van der Waals surface area contributed by atoms with Gasteiger partial charge in [0.2, 0.25) is 0 Å². The molecule has 0 atom stereocenters. The fourth-order valence-corrected chi connectivity index (χ4v) is 2.33. The van der Waals surface area contributed by atoms with Crippen LogP contribution in [0.25, 0.3) is 17.4 Å². The lowest BCUT2D eigenvalue weighted by Gasteiger charge is -1.97. The van der Waals surface area contributed by atoms with Gasteiger partial charge in [-0.1, -0.05) is 0 Å². The van der Waals surface area contributed by atoms with Crippen LogP contribution >= 0.6 is 0 Å². The first-order valence-corrected chi connectivity index (χ1v) is 7.51. The zero-order chi connectivity index (χ0) is 18.0. The summed E-state index contributed by atoms with van der Waals surface area (Å²) in [5.41, 5.74) is 2.08. The van der Waals surface area contributed by atoms with Crippen LogP contribution in [0, 0.1) is 17.0 Å². The molecule has 1 aromatic carbocycles. The number of nitro benzene ring substituents is 1. The molecule has 3 rings (SSSR count). The van der Waals surface area contributed by atoms with Crippen molar-refractivity contribution in [1.82, 2.24) is 9.78 Å². The van der Waals surface area contributed by atoms with Crippen molar-refractivity contribution in [3.05, 3.63) is 75.8 Å². The predicted octanol–water partition coefficient (Wildman–Crippen LogP) is 3.79. The lowest BCUT2D eigenvalue weighted by Crippen LogP contribution is -1.98. The van der Waals surface area contributed by atoms with Crippen LogP contribution < -0.4 is 0 Å². The number of aryl methyl sites for hydroxylation is 1. The molecule has 25 heavy (non-hydrogen) atoms. The van der Waals surface area contributed by atoms with Gasteiger partial charge >= 0.3 is 0 Å². The minimum absolute atomic E-state index is 0.0212. The first-order chi connectivity index (χ1) is 12.0. The maximum Gasteiger partial charge on any atom is 0.269 e. The van der Waals surface area contributed by atoms with Gasteiger partial charge in [0.25, 0.3) is 5.69 Å². The second-order valence-electron chi connectivity index (χ2n) is 5.47. The van der Waals surface area contributed by atoms with Gasteiger partial charge in [-0.3, -0.25) is 19.6 Å². The molecule has 0 spiro atoms. The summed E-state index contributed by atoms with van der Waals surface area (Å²) in [5.74, 6) is 0.932. The first-order valence-electron chi connectivity index (χ1n) is 7.51. The van der Waals surface area contributed by atoms with Crippen molar-refractivity contribution in [3.63, 3.8) is 0 Å². The SMILES string of the molecule is Cc1c(C(=O)/C=C/c2ccc(-c3ccc([N+](=O)[O-])cc3)o2)cnn1C. The van der Waals surface area contributed by atoms with E-state index in [1.807, 2.05) is 6.92 Å². The molecule has 2 heterocycles. The van der Waals surface area contributed by atoms with Gasteiger partial charge in [0, 0.05) is 30.4 Å². The average Bonchev–Trinajstić information content (AvgIpc) is 3.21. The maximum atomic E-state index is 12.2. The predicted molar refractivity (Wildman–Crippen MR) is 92.1 cm³/mol. The van der Waals surface area contributed by atoms with E-state index in [2.05, 4.69) is 5.10 Å². The van der Waals surface area contributed by atoms with Gasteiger partial charge in [-0.2, -0.15) is 5.10 Å². The zero-order valence-electron chi connectivity index (χ0n) is 13.7. The summed E-state index contributed by atoms with van der Waals surface area (Å²) in [7, 11) is 1.78. The van der Waals surface area contributed by atoms with Crippen molar-refractivity contribution in [2.75, 3.05) is 0 Å². The number of nitro groups is 1.